The minimum Gasteiger partial charge on any atom is -0.473 e. The minimum atomic E-state index is -0.366. The Bertz CT molecular complexity index is 629. The van der Waals surface area contributed by atoms with Gasteiger partial charge in [0.2, 0.25) is 0 Å². The van der Waals surface area contributed by atoms with Gasteiger partial charge in [0.1, 0.15) is 11.6 Å². The van der Waals surface area contributed by atoms with E-state index < -0.39 is 0 Å². The number of ether oxygens (including phenoxy) is 1. The number of carbonyl (C=O) groups excluding carboxylic acids is 1. The fourth-order valence-corrected chi connectivity index (χ4v) is 1.90. The van der Waals surface area contributed by atoms with E-state index >= 15 is 0 Å². The van der Waals surface area contributed by atoms with E-state index in [0.29, 0.717) is 5.82 Å². The van der Waals surface area contributed by atoms with Gasteiger partial charge in [-0.15, -0.1) is 0 Å². The first kappa shape index (κ1) is 15.3. The van der Waals surface area contributed by atoms with Crippen LogP contribution >= 0.6 is 15.9 Å². The maximum absolute atomic E-state index is 11.7. The van der Waals surface area contributed by atoms with E-state index in [2.05, 4.69) is 31.5 Å². The monoisotopic (exact) mass is 349 g/mol. The summed E-state index contributed by atoms with van der Waals surface area (Å²) in [5, 5.41) is 5.24. The second kappa shape index (κ2) is 7.08. The van der Waals surface area contributed by atoms with Gasteiger partial charge in [-0.3, -0.25) is 5.32 Å². The molecule has 2 aromatic rings. The molecule has 0 atom stereocenters. The first-order chi connectivity index (χ1) is 10.1. The zero-order valence-electron chi connectivity index (χ0n) is 11.8. The SMILES string of the molecule is Cc1cccc(OCNC(=O)Nc2ccc(Br)cn2)c1C. The zero-order chi connectivity index (χ0) is 15.2. The molecule has 6 heteroatoms. The molecule has 2 amide bonds. The summed E-state index contributed by atoms with van der Waals surface area (Å²) in [6, 6.07) is 8.95. The normalized spacial score (nSPS) is 10.0. The van der Waals surface area contributed by atoms with Crippen molar-refractivity contribution < 1.29 is 9.53 Å². The molecule has 110 valence electrons. The highest BCUT2D eigenvalue weighted by molar-refractivity contribution is 9.10. The summed E-state index contributed by atoms with van der Waals surface area (Å²) in [6.45, 7) is 4.09. The summed E-state index contributed by atoms with van der Waals surface area (Å²) >= 11 is 3.28. The van der Waals surface area contributed by atoms with Crippen LogP contribution in [-0.4, -0.2) is 17.7 Å². The van der Waals surface area contributed by atoms with Crippen molar-refractivity contribution in [3.63, 3.8) is 0 Å². The number of hydrogen-bond acceptors (Lipinski definition) is 3. The van der Waals surface area contributed by atoms with Crippen LogP contribution in [0.4, 0.5) is 10.6 Å². The van der Waals surface area contributed by atoms with Crippen molar-refractivity contribution in [2.45, 2.75) is 13.8 Å². The van der Waals surface area contributed by atoms with E-state index in [1.165, 1.54) is 0 Å². The smallest absolute Gasteiger partial charge is 0.323 e. The molecule has 5 nitrogen and oxygen atoms in total. The van der Waals surface area contributed by atoms with Gasteiger partial charge in [-0.25, -0.2) is 9.78 Å². The predicted octanol–water partition coefficient (Wildman–Crippen LogP) is 3.62. The van der Waals surface area contributed by atoms with Crippen molar-refractivity contribution >= 4 is 27.8 Å². The summed E-state index contributed by atoms with van der Waals surface area (Å²) < 4.78 is 6.40. The number of urea groups is 1. The summed E-state index contributed by atoms with van der Waals surface area (Å²) in [5.41, 5.74) is 2.21. The highest BCUT2D eigenvalue weighted by Gasteiger charge is 2.04. The predicted molar refractivity (Wildman–Crippen MR) is 85.5 cm³/mol. The Morgan fingerprint density at radius 3 is 2.81 bits per heavy atom. The molecule has 0 radical (unpaired) electrons. The van der Waals surface area contributed by atoms with Gasteiger partial charge in [-0.1, -0.05) is 12.1 Å². The Kier molecular flexibility index (Phi) is 5.16. The van der Waals surface area contributed by atoms with Gasteiger partial charge in [0, 0.05) is 10.7 Å². The second-order valence-electron chi connectivity index (χ2n) is 4.48. The number of nitrogens with zero attached hydrogens (tertiary/aromatic N) is 1. The van der Waals surface area contributed by atoms with Crippen LogP contribution in [0.5, 0.6) is 5.75 Å². The molecule has 0 saturated heterocycles. The number of hydrogen-bond donors (Lipinski definition) is 2. The molecule has 0 saturated carbocycles. The number of pyridine rings is 1. The molecular weight excluding hydrogens is 334 g/mol. The van der Waals surface area contributed by atoms with E-state index in [1.807, 2.05) is 32.0 Å². The van der Waals surface area contributed by atoms with Crippen molar-refractivity contribution in [2.24, 2.45) is 0 Å². The first-order valence-corrected chi connectivity index (χ1v) is 7.21. The van der Waals surface area contributed by atoms with Crippen molar-refractivity contribution in [2.75, 3.05) is 12.0 Å². The summed E-state index contributed by atoms with van der Waals surface area (Å²) in [5.74, 6) is 1.24. The number of nitrogens with one attached hydrogen (secondary N) is 2. The van der Waals surface area contributed by atoms with Gasteiger partial charge in [-0.05, 0) is 59.1 Å². The lowest BCUT2D eigenvalue weighted by molar-refractivity contribution is 0.234. The number of halogens is 1. The molecule has 0 bridgehead atoms. The molecule has 1 aromatic heterocycles. The van der Waals surface area contributed by atoms with E-state index in [4.69, 9.17) is 4.74 Å². The van der Waals surface area contributed by atoms with E-state index in [0.717, 1.165) is 21.3 Å². The molecule has 2 N–H and O–H groups in total. The average molecular weight is 350 g/mol. The van der Waals surface area contributed by atoms with Crippen LogP contribution in [0, 0.1) is 13.8 Å². The first-order valence-electron chi connectivity index (χ1n) is 6.41. The van der Waals surface area contributed by atoms with Crippen LogP contribution in [0.3, 0.4) is 0 Å². The molecule has 0 aliphatic carbocycles. The fourth-order valence-electron chi connectivity index (χ4n) is 1.67. The van der Waals surface area contributed by atoms with Gasteiger partial charge in [0.05, 0.1) is 0 Å². The number of carbonyl (C=O) groups is 1. The van der Waals surface area contributed by atoms with Crippen molar-refractivity contribution in [3.05, 3.63) is 52.1 Å². The van der Waals surface area contributed by atoms with Crippen molar-refractivity contribution in [1.82, 2.24) is 10.3 Å². The largest absolute Gasteiger partial charge is 0.473 e. The highest BCUT2D eigenvalue weighted by Crippen LogP contribution is 2.20. The van der Waals surface area contributed by atoms with Gasteiger partial charge in [0.15, 0.2) is 6.73 Å². The van der Waals surface area contributed by atoms with Gasteiger partial charge in [0.25, 0.3) is 0 Å². The maximum Gasteiger partial charge on any atom is 0.323 e. The zero-order valence-corrected chi connectivity index (χ0v) is 13.4. The van der Waals surface area contributed by atoms with Crippen LogP contribution in [0.1, 0.15) is 11.1 Å². The van der Waals surface area contributed by atoms with Crippen LogP contribution < -0.4 is 15.4 Å². The molecule has 0 aliphatic rings. The summed E-state index contributed by atoms with van der Waals surface area (Å²) in [7, 11) is 0. The molecule has 0 unspecified atom stereocenters. The Labute approximate surface area is 131 Å². The van der Waals surface area contributed by atoms with Gasteiger partial charge in [-0.2, -0.15) is 0 Å². The van der Waals surface area contributed by atoms with Crippen LogP contribution in [0.25, 0.3) is 0 Å². The third-order valence-corrected chi connectivity index (χ3v) is 3.45. The number of rotatable bonds is 4. The number of aromatic nitrogens is 1. The molecule has 2 rings (SSSR count). The number of benzene rings is 1. The standard InChI is InChI=1S/C15H16BrN3O2/c1-10-4-3-5-13(11(10)2)21-9-18-15(20)19-14-7-6-12(16)8-17-14/h3-8H,9H2,1-2H3,(H2,17,18,19,20). The Morgan fingerprint density at radius 2 is 2.10 bits per heavy atom. The number of amides is 2. The highest BCUT2D eigenvalue weighted by atomic mass is 79.9. The van der Waals surface area contributed by atoms with Crippen molar-refractivity contribution in [1.29, 1.82) is 0 Å². The number of anilines is 1. The lowest BCUT2D eigenvalue weighted by Crippen LogP contribution is -2.32. The lowest BCUT2D eigenvalue weighted by Gasteiger charge is -2.12. The lowest BCUT2D eigenvalue weighted by atomic mass is 10.1. The molecular formula is C15H16BrN3O2. The molecule has 1 heterocycles. The Morgan fingerprint density at radius 1 is 1.29 bits per heavy atom. The molecule has 0 fully saturated rings. The van der Waals surface area contributed by atoms with Crippen molar-refractivity contribution in [3.8, 4) is 5.75 Å². The maximum atomic E-state index is 11.7. The third kappa shape index (κ3) is 4.46. The summed E-state index contributed by atoms with van der Waals surface area (Å²) in [6.07, 6.45) is 1.61. The fraction of sp³-hybridized carbons (Fsp3) is 0.200. The molecule has 1 aromatic carbocycles. The third-order valence-electron chi connectivity index (χ3n) is 2.98. The van der Waals surface area contributed by atoms with E-state index in [-0.39, 0.29) is 12.8 Å². The quantitative estimate of drug-likeness (QED) is 0.828. The van der Waals surface area contributed by atoms with Crippen LogP contribution in [0.15, 0.2) is 41.0 Å². The Balaban J connectivity index is 1.81. The number of aryl methyl sites for hydroxylation is 1. The van der Waals surface area contributed by atoms with E-state index in [9.17, 15) is 4.79 Å². The topological polar surface area (TPSA) is 63.2 Å². The van der Waals surface area contributed by atoms with Gasteiger partial charge >= 0.3 is 6.03 Å². The molecule has 21 heavy (non-hydrogen) atoms. The Hall–Kier alpha value is -2.08. The second-order valence-corrected chi connectivity index (χ2v) is 5.39. The van der Waals surface area contributed by atoms with Gasteiger partial charge < -0.3 is 10.1 Å². The van der Waals surface area contributed by atoms with Crippen LogP contribution in [0.2, 0.25) is 0 Å². The summed E-state index contributed by atoms with van der Waals surface area (Å²) in [4.78, 5) is 15.7. The van der Waals surface area contributed by atoms with E-state index in [1.54, 1.807) is 18.3 Å². The minimum absolute atomic E-state index is 0.0899. The molecule has 0 aliphatic heterocycles. The average Bonchev–Trinajstić information content (AvgIpc) is 2.46. The molecule has 0 spiro atoms. The van der Waals surface area contributed by atoms with Crippen LogP contribution in [-0.2, 0) is 0 Å².